The Bertz CT molecular complexity index is 1400. The first-order valence-corrected chi connectivity index (χ1v) is 13.7. The van der Waals surface area contributed by atoms with Gasteiger partial charge in [0.15, 0.2) is 0 Å². The molecule has 0 aliphatic rings. The minimum absolute atomic E-state index is 0.0242. The molecule has 3 rings (SSSR count). The quantitative estimate of drug-likeness (QED) is 0.399. The molecule has 0 saturated carbocycles. The second-order valence-corrected chi connectivity index (χ2v) is 11.4. The van der Waals surface area contributed by atoms with E-state index in [4.69, 9.17) is 23.2 Å². The predicted octanol–water partition coefficient (Wildman–Crippen LogP) is 4.97. The first kappa shape index (κ1) is 28.5. The number of rotatable bonds is 9. The molecule has 0 heterocycles. The zero-order valence-electron chi connectivity index (χ0n) is 21.0. The summed E-state index contributed by atoms with van der Waals surface area (Å²) in [5, 5.41) is 3.22. The lowest BCUT2D eigenvalue weighted by molar-refractivity contribution is -0.139. The maximum absolute atomic E-state index is 13.8. The zero-order chi connectivity index (χ0) is 27.3. The Morgan fingerprint density at radius 2 is 1.62 bits per heavy atom. The molecule has 0 bridgehead atoms. The largest absolute Gasteiger partial charge is 0.357 e. The van der Waals surface area contributed by atoms with Crippen LogP contribution in [0.1, 0.15) is 23.6 Å². The number of likely N-dealkylation sites (N-methyl/N-ethyl adjacent to an activating group) is 1. The fraction of sp³-hybridized carbons (Fsp3) is 0.259. The van der Waals surface area contributed by atoms with Crippen LogP contribution in [0.4, 0.5) is 5.69 Å². The van der Waals surface area contributed by atoms with Crippen LogP contribution in [0.2, 0.25) is 10.0 Å². The third-order valence-corrected chi connectivity index (χ3v) is 8.49. The number of carbonyl (C=O) groups is 2. The van der Waals surface area contributed by atoms with Crippen LogP contribution in [-0.4, -0.2) is 44.8 Å². The molecule has 2 amide bonds. The van der Waals surface area contributed by atoms with Crippen LogP contribution in [0.25, 0.3) is 0 Å². The van der Waals surface area contributed by atoms with E-state index >= 15 is 0 Å². The third-order valence-electron chi connectivity index (χ3n) is 5.98. The van der Waals surface area contributed by atoms with Gasteiger partial charge in [-0.05, 0) is 62.2 Å². The molecule has 1 atom stereocenters. The van der Waals surface area contributed by atoms with E-state index in [0.29, 0.717) is 26.9 Å². The Hall–Kier alpha value is -3.07. The highest BCUT2D eigenvalue weighted by Crippen LogP contribution is 2.29. The minimum Gasteiger partial charge on any atom is -0.357 e. The van der Waals surface area contributed by atoms with Crippen molar-refractivity contribution in [2.45, 2.75) is 38.3 Å². The van der Waals surface area contributed by atoms with Crippen LogP contribution in [0.5, 0.6) is 0 Å². The van der Waals surface area contributed by atoms with Crippen LogP contribution in [-0.2, 0) is 26.2 Å². The Morgan fingerprint density at radius 3 is 2.22 bits per heavy atom. The van der Waals surface area contributed by atoms with Gasteiger partial charge in [0.05, 0.1) is 20.6 Å². The summed E-state index contributed by atoms with van der Waals surface area (Å²) in [5.41, 5.74) is 2.68. The van der Waals surface area contributed by atoms with Crippen molar-refractivity contribution >= 4 is 50.7 Å². The van der Waals surface area contributed by atoms with Crippen molar-refractivity contribution < 1.29 is 18.0 Å². The fourth-order valence-corrected chi connectivity index (χ4v) is 5.76. The number of sulfonamides is 1. The summed E-state index contributed by atoms with van der Waals surface area (Å²) >= 11 is 12.2. The molecule has 0 fully saturated rings. The lowest BCUT2D eigenvalue weighted by atomic mass is 10.1. The van der Waals surface area contributed by atoms with E-state index in [-0.39, 0.29) is 11.4 Å². The molecular formula is C27H29Cl2N3O4S. The number of benzene rings is 3. The number of amides is 2. The number of nitrogens with zero attached hydrogens (tertiary/aromatic N) is 2. The first-order chi connectivity index (χ1) is 17.4. The van der Waals surface area contributed by atoms with Gasteiger partial charge in [-0.1, -0.05) is 65.2 Å². The van der Waals surface area contributed by atoms with Crippen LogP contribution in [0.3, 0.4) is 0 Å². The summed E-state index contributed by atoms with van der Waals surface area (Å²) in [6.45, 7) is 4.80. The zero-order valence-corrected chi connectivity index (χ0v) is 23.4. The summed E-state index contributed by atoms with van der Waals surface area (Å²) in [4.78, 5) is 27.7. The van der Waals surface area contributed by atoms with Crippen molar-refractivity contribution in [3.05, 3.63) is 93.5 Å². The van der Waals surface area contributed by atoms with Crippen molar-refractivity contribution in [2.75, 3.05) is 17.9 Å². The van der Waals surface area contributed by atoms with Gasteiger partial charge in [0.25, 0.3) is 10.0 Å². The highest BCUT2D eigenvalue weighted by molar-refractivity contribution is 7.92. The molecule has 3 aromatic rings. The van der Waals surface area contributed by atoms with Gasteiger partial charge in [-0.3, -0.25) is 13.9 Å². The first-order valence-electron chi connectivity index (χ1n) is 11.6. The lowest BCUT2D eigenvalue weighted by Crippen LogP contribution is -2.50. The Balaban J connectivity index is 2.06. The number of halogens is 2. The van der Waals surface area contributed by atoms with Gasteiger partial charge in [-0.25, -0.2) is 8.42 Å². The lowest BCUT2D eigenvalue weighted by Gasteiger charge is -2.32. The van der Waals surface area contributed by atoms with E-state index in [1.165, 1.54) is 24.1 Å². The monoisotopic (exact) mass is 561 g/mol. The van der Waals surface area contributed by atoms with Crippen molar-refractivity contribution in [1.82, 2.24) is 10.2 Å². The molecule has 0 spiro atoms. The molecule has 0 aromatic heterocycles. The van der Waals surface area contributed by atoms with Crippen molar-refractivity contribution in [2.24, 2.45) is 0 Å². The molecule has 3 aromatic carbocycles. The molecule has 196 valence electrons. The van der Waals surface area contributed by atoms with Crippen LogP contribution >= 0.6 is 23.2 Å². The van der Waals surface area contributed by atoms with Gasteiger partial charge in [-0.2, -0.15) is 0 Å². The topological polar surface area (TPSA) is 86.8 Å². The molecule has 7 nitrogen and oxygen atoms in total. The second-order valence-electron chi connectivity index (χ2n) is 8.67. The minimum atomic E-state index is -4.11. The summed E-state index contributed by atoms with van der Waals surface area (Å²) in [5.74, 6) is -0.945. The Labute approximate surface area is 228 Å². The maximum Gasteiger partial charge on any atom is 0.264 e. The number of hydrogen-bond donors (Lipinski definition) is 1. The predicted molar refractivity (Wildman–Crippen MR) is 147 cm³/mol. The molecule has 0 radical (unpaired) electrons. The fourth-order valence-electron chi connectivity index (χ4n) is 3.94. The van der Waals surface area contributed by atoms with Crippen molar-refractivity contribution in [3.8, 4) is 0 Å². The average molecular weight is 563 g/mol. The van der Waals surface area contributed by atoms with E-state index in [9.17, 15) is 18.0 Å². The molecule has 0 aliphatic heterocycles. The molecule has 1 N–H and O–H groups in total. The van der Waals surface area contributed by atoms with Gasteiger partial charge in [0.1, 0.15) is 12.6 Å². The van der Waals surface area contributed by atoms with Crippen LogP contribution in [0, 0.1) is 13.8 Å². The number of hydrogen-bond acceptors (Lipinski definition) is 4. The van der Waals surface area contributed by atoms with Crippen LogP contribution < -0.4 is 9.62 Å². The standard InChI is InChI=1S/C27H29Cl2N3O4S/c1-18-10-13-25(19(2)14-18)32(37(35,36)22-8-6-5-7-9-22)17-26(33)31(20(3)27(34)30-4)16-21-11-12-23(28)24(29)15-21/h5-15,20H,16-17H2,1-4H3,(H,30,34)/t20-/m1/s1. The van der Waals surface area contributed by atoms with Gasteiger partial charge in [0.2, 0.25) is 11.8 Å². The SMILES string of the molecule is CNC(=O)[C@@H](C)N(Cc1ccc(Cl)c(Cl)c1)C(=O)CN(c1ccc(C)cc1C)S(=O)(=O)c1ccccc1. The number of carbonyl (C=O) groups excluding carboxylic acids is 2. The Kier molecular flexibility index (Phi) is 9.23. The van der Waals surface area contributed by atoms with Gasteiger partial charge >= 0.3 is 0 Å². The Morgan fingerprint density at radius 1 is 0.946 bits per heavy atom. The number of aryl methyl sites for hydroxylation is 2. The third kappa shape index (κ3) is 6.63. The van der Waals surface area contributed by atoms with E-state index in [2.05, 4.69) is 5.32 Å². The van der Waals surface area contributed by atoms with Crippen LogP contribution in [0.15, 0.2) is 71.6 Å². The summed E-state index contributed by atoms with van der Waals surface area (Å²) < 4.78 is 28.6. The van der Waals surface area contributed by atoms with Gasteiger partial charge < -0.3 is 10.2 Å². The second kappa shape index (κ2) is 12.0. The molecule has 37 heavy (non-hydrogen) atoms. The highest BCUT2D eigenvalue weighted by atomic mass is 35.5. The van der Waals surface area contributed by atoms with Crippen molar-refractivity contribution in [3.63, 3.8) is 0 Å². The summed E-state index contributed by atoms with van der Waals surface area (Å²) in [6, 6.07) is 17.3. The number of nitrogens with one attached hydrogen (secondary N) is 1. The normalized spacial score (nSPS) is 12.1. The molecule has 0 saturated heterocycles. The highest BCUT2D eigenvalue weighted by Gasteiger charge is 2.32. The maximum atomic E-state index is 13.8. The van der Waals surface area contributed by atoms with E-state index in [1.54, 1.807) is 62.4 Å². The number of anilines is 1. The molecule has 0 unspecified atom stereocenters. The van der Waals surface area contributed by atoms with E-state index in [0.717, 1.165) is 9.87 Å². The summed E-state index contributed by atoms with van der Waals surface area (Å²) in [6.07, 6.45) is 0. The van der Waals surface area contributed by atoms with Gasteiger partial charge in [-0.15, -0.1) is 0 Å². The summed E-state index contributed by atoms with van der Waals surface area (Å²) in [7, 11) is -2.63. The van der Waals surface area contributed by atoms with E-state index < -0.39 is 34.4 Å². The van der Waals surface area contributed by atoms with Gasteiger partial charge in [0, 0.05) is 13.6 Å². The molecule has 0 aliphatic carbocycles. The molecule has 10 heteroatoms. The van der Waals surface area contributed by atoms with Crippen molar-refractivity contribution in [1.29, 1.82) is 0 Å². The van der Waals surface area contributed by atoms with E-state index in [1.807, 2.05) is 13.0 Å². The average Bonchev–Trinajstić information content (AvgIpc) is 2.87. The smallest absolute Gasteiger partial charge is 0.264 e. The molecular weight excluding hydrogens is 533 g/mol.